The van der Waals surface area contributed by atoms with Crippen LogP contribution < -0.4 is 4.57 Å². The molecule has 1 heterocycles. The Hall–Kier alpha value is -1.61. The zero-order valence-corrected chi connectivity index (χ0v) is 14.3. The van der Waals surface area contributed by atoms with Gasteiger partial charge in [-0.2, -0.15) is 4.57 Å². The molecule has 2 nitrogen and oxygen atoms in total. The van der Waals surface area contributed by atoms with E-state index in [1.54, 1.807) is 22.9 Å². The largest absolute Gasteiger partial charge is 0.287 e. The summed E-state index contributed by atoms with van der Waals surface area (Å²) in [6, 6.07) is 18.6. The molecule has 0 fully saturated rings. The molecule has 0 aliphatic carbocycles. The number of alkyl halides is 3. The molecule has 5 heteroatoms. The Morgan fingerprint density at radius 2 is 1.57 bits per heavy atom. The number of fused-ring (bicyclic) bond motifs is 1. The third-order valence-electron chi connectivity index (χ3n) is 3.62. The zero-order valence-electron chi connectivity index (χ0n) is 12.0. The van der Waals surface area contributed by atoms with Crippen molar-refractivity contribution in [2.45, 2.75) is 10.3 Å². The van der Waals surface area contributed by atoms with Crippen LogP contribution in [0.1, 0.15) is 16.1 Å². The molecule has 0 amide bonds. The molecule has 23 heavy (non-hydrogen) atoms. The van der Waals surface area contributed by atoms with E-state index in [0.29, 0.717) is 11.3 Å². The van der Waals surface area contributed by atoms with Gasteiger partial charge in [0.2, 0.25) is 18.0 Å². The van der Waals surface area contributed by atoms with E-state index in [4.69, 9.17) is 34.8 Å². The number of halogens is 3. The summed E-state index contributed by atoms with van der Waals surface area (Å²) in [5, 5.41) is 1.77. The summed E-state index contributed by atoms with van der Waals surface area (Å²) >= 11 is 18.5. The minimum Gasteiger partial charge on any atom is -0.287 e. The van der Waals surface area contributed by atoms with Crippen LogP contribution in [0.2, 0.25) is 0 Å². The van der Waals surface area contributed by atoms with Crippen molar-refractivity contribution in [3.8, 4) is 0 Å². The summed E-state index contributed by atoms with van der Waals surface area (Å²) in [4.78, 5) is 12.5. The first-order valence-electron chi connectivity index (χ1n) is 7.03. The number of ketones is 1. The molecule has 2 aromatic carbocycles. The van der Waals surface area contributed by atoms with Crippen LogP contribution in [0.25, 0.3) is 10.8 Å². The van der Waals surface area contributed by atoms with Crippen molar-refractivity contribution in [1.82, 2.24) is 0 Å². The number of carbonyl (C=O) groups excluding carboxylic acids is 1. The molecule has 3 aromatic rings. The number of nitrogens with zero attached hydrogens (tertiary/aromatic N) is 1. The molecular formula is C18H13Cl3NO+. The second-order valence-electron chi connectivity index (χ2n) is 5.17. The van der Waals surface area contributed by atoms with Gasteiger partial charge in [-0.25, -0.2) is 0 Å². The molecule has 0 saturated carbocycles. The lowest BCUT2D eigenvalue weighted by Gasteiger charge is -2.13. The Morgan fingerprint density at radius 3 is 2.26 bits per heavy atom. The topological polar surface area (TPSA) is 20.9 Å². The lowest BCUT2D eigenvalue weighted by Crippen LogP contribution is -2.44. The Bertz CT molecular complexity index is 857. The quantitative estimate of drug-likeness (QED) is 0.370. The van der Waals surface area contributed by atoms with Crippen molar-refractivity contribution in [2.75, 3.05) is 0 Å². The van der Waals surface area contributed by atoms with E-state index in [2.05, 4.69) is 0 Å². The predicted octanol–water partition coefficient (Wildman–Crippen LogP) is 4.84. The number of hydrogen-bond acceptors (Lipinski definition) is 1. The van der Waals surface area contributed by atoms with Gasteiger partial charge in [-0.15, -0.1) is 0 Å². The predicted molar refractivity (Wildman–Crippen MR) is 94.2 cm³/mol. The van der Waals surface area contributed by atoms with Gasteiger partial charge in [-0.3, -0.25) is 4.79 Å². The summed E-state index contributed by atoms with van der Waals surface area (Å²) in [5.41, 5.74) is 1.12. The molecule has 116 valence electrons. The molecule has 1 aromatic heterocycles. The van der Waals surface area contributed by atoms with Crippen molar-refractivity contribution in [3.63, 3.8) is 0 Å². The van der Waals surface area contributed by atoms with E-state index in [-0.39, 0.29) is 12.3 Å². The first-order valence-corrected chi connectivity index (χ1v) is 8.17. The van der Waals surface area contributed by atoms with E-state index in [1.807, 2.05) is 48.5 Å². The van der Waals surface area contributed by atoms with Gasteiger partial charge < -0.3 is 0 Å². The first kappa shape index (κ1) is 16.3. The molecule has 0 aliphatic rings. The van der Waals surface area contributed by atoms with Gasteiger partial charge in [-0.05, 0) is 11.5 Å². The molecule has 0 aliphatic heterocycles. The monoisotopic (exact) mass is 364 g/mol. The summed E-state index contributed by atoms with van der Waals surface area (Å²) in [6.45, 7) is 0.109. The zero-order chi connectivity index (χ0) is 16.4. The number of pyridine rings is 1. The highest BCUT2D eigenvalue weighted by Crippen LogP contribution is 2.39. The number of Topliss-reactive ketones (excluding diaryl/α,β-unsaturated/α-hetero) is 1. The Kier molecular flexibility index (Phi) is 4.58. The number of rotatable bonds is 3. The first-order chi connectivity index (χ1) is 11.0. The number of benzene rings is 2. The molecule has 0 unspecified atom stereocenters. The Balaban J connectivity index is 2.09. The number of hydrogen-bond donors (Lipinski definition) is 0. The summed E-state index contributed by atoms with van der Waals surface area (Å²) in [6.07, 6.45) is 1.78. The minimum absolute atomic E-state index is 0.0404. The maximum Gasteiger partial charge on any atom is 0.275 e. The molecule has 0 spiro atoms. The second kappa shape index (κ2) is 6.48. The molecule has 0 atom stereocenters. The normalized spacial score (nSPS) is 11.6. The highest BCUT2D eigenvalue weighted by Gasteiger charge is 2.36. The van der Waals surface area contributed by atoms with E-state index >= 15 is 0 Å². The van der Waals surface area contributed by atoms with Crippen LogP contribution in [0.4, 0.5) is 0 Å². The molecule has 0 saturated heterocycles. The third kappa shape index (κ3) is 3.50. The van der Waals surface area contributed by atoms with Gasteiger partial charge in [0.1, 0.15) is 0 Å². The van der Waals surface area contributed by atoms with Crippen LogP contribution in [0, 0.1) is 0 Å². The van der Waals surface area contributed by atoms with Gasteiger partial charge in [0.15, 0.2) is 6.20 Å². The van der Waals surface area contributed by atoms with E-state index in [1.165, 1.54) is 0 Å². The average molecular weight is 366 g/mol. The van der Waals surface area contributed by atoms with E-state index in [0.717, 1.165) is 10.8 Å². The van der Waals surface area contributed by atoms with Crippen molar-refractivity contribution in [2.24, 2.45) is 0 Å². The van der Waals surface area contributed by atoms with Crippen molar-refractivity contribution < 1.29 is 9.36 Å². The van der Waals surface area contributed by atoms with Gasteiger partial charge >= 0.3 is 0 Å². The second-order valence-corrected chi connectivity index (χ2v) is 7.45. The SMILES string of the molecule is O=C(C[n+]1ccc2ccccc2c1C(Cl)(Cl)Cl)c1ccccc1. The number of aromatic nitrogens is 1. The standard InChI is InChI=1S/C18H13Cl3NO/c19-18(20,21)17-15-9-5-4-6-13(15)10-11-22(17)12-16(23)14-7-2-1-3-8-14/h1-11H,12H2/q+1. The number of carbonyl (C=O) groups is 1. The molecule has 0 bridgehead atoms. The highest BCUT2D eigenvalue weighted by molar-refractivity contribution is 6.66. The third-order valence-corrected chi connectivity index (χ3v) is 4.15. The fourth-order valence-electron chi connectivity index (χ4n) is 2.57. The van der Waals surface area contributed by atoms with Crippen LogP contribution >= 0.6 is 34.8 Å². The molecule has 0 radical (unpaired) electrons. The Labute approximate surface area is 149 Å². The Morgan fingerprint density at radius 1 is 0.913 bits per heavy atom. The highest BCUT2D eigenvalue weighted by atomic mass is 35.6. The van der Waals surface area contributed by atoms with Crippen LogP contribution in [0.15, 0.2) is 66.9 Å². The maximum atomic E-state index is 12.5. The van der Waals surface area contributed by atoms with Crippen LogP contribution in [0.5, 0.6) is 0 Å². The van der Waals surface area contributed by atoms with Crippen molar-refractivity contribution in [3.05, 3.63) is 78.1 Å². The smallest absolute Gasteiger partial charge is 0.275 e. The molecule has 0 N–H and O–H groups in total. The fraction of sp³-hybridized carbons (Fsp3) is 0.111. The minimum atomic E-state index is -1.63. The van der Waals surface area contributed by atoms with Crippen LogP contribution in [-0.2, 0) is 10.3 Å². The molecule has 3 rings (SSSR count). The summed E-state index contributed by atoms with van der Waals surface area (Å²) in [7, 11) is 0. The van der Waals surface area contributed by atoms with E-state index < -0.39 is 3.79 Å². The van der Waals surface area contributed by atoms with E-state index in [9.17, 15) is 4.79 Å². The van der Waals surface area contributed by atoms with Gasteiger partial charge in [0.05, 0.1) is 5.39 Å². The van der Waals surface area contributed by atoms with Crippen molar-refractivity contribution >= 4 is 51.4 Å². The van der Waals surface area contributed by atoms with Crippen molar-refractivity contribution in [1.29, 1.82) is 0 Å². The summed E-state index contributed by atoms with van der Waals surface area (Å²) < 4.78 is 0.0719. The van der Waals surface area contributed by atoms with Gasteiger partial charge in [0.25, 0.3) is 3.79 Å². The van der Waals surface area contributed by atoms with Crippen LogP contribution in [0.3, 0.4) is 0 Å². The average Bonchev–Trinajstić information content (AvgIpc) is 2.54. The maximum absolute atomic E-state index is 12.5. The summed E-state index contributed by atoms with van der Waals surface area (Å²) in [5.74, 6) is -0.0404. The van der Waals surface area contributed by atoms with Crippen LogP contribution in [-0.4, -0.2) is 5.78 Å². The lowest BCUT2D eigenvalue weighted by atomic mass is 10.1. The van der Waals surface area contributed by atoms with Gasteiger partial charge in [0, 0.05) is 11.6 Å². The fourth-order valence-corrected chi connectivity index (χ4v) is 3.21. The molecular weight excluding hydrogens is 353 g/mol. The lowest BCUT2D eigenvalue weighted by molar-refractivity contribution is -0.689. The van der Waals surface area contributed by atoms with Gasteiger partial charge in [-0.1, -0.05) is 83.3 Å².